The Kier molecular flexibility index (Phi) is 3.60. The average Bonchev–Trinajstić information content (AvgIpc) is 2.35. The van der Waals surface area contributed by atoms with Crippen LogP contribution in [0.2, 0.25) is 0 Å². The highest BCUT2D eigenvalue weighted by molar-refractivity contribution is 5.75. The van der Waals surface area contributed by atoms with Gasteiger partial charge in [-0.1, -0.05) is 17.7 Å². The van der Waals surface area contributed by atoms with Gasteiger partial charge in [-0.05, 0) is 25.5 Å². The monoisotopic (exact) mass is 260 g/mol. The molecule has 0 spiro atoms. The summed E-state index contributed by atoms with van der Waals surface area (Å²) < 4.78 is 18.4. The number of rotatable bonds is 3. The van der Waals surface area contributed by atoms with Crippen LogP contribution in [0.1, 0.15) is 11.1 Å². The maximum Gasteiger partial charge on any atom is 0.167 e. The zero-order chi connectivity index (χ0) is 14.0. The van der Waals surface area contributed by atoms with Crippen molar-refractivity contribution in [3.63, 3.8) is 0 Å². The molecule has 0 radical (unpaired) electrons. The van der Waals surface area contributed by atoms with E-state index in [1.165, 1.54) is 18.7 Å². The standard InChI is InChI=1S/C15H17FN2O/c1-9-4-5-13(10(2)6-9)18-14-8-15(19-3)11(16)7-12(14)17/h4-8,18H,17H2,1-3H3. The van der Waals surface area contributed by atoms with E-state index in [1.807, 2.05) is 26.0 Å². The van der Waals surface area contributed by atoms with Crippen molar-refractivity contribution in [2.45, 2.75) is 13.8 Å². The van der Waals surface area contributed by atoms with E-state index in [0.717, 1.165) is 11.3 Å². The van der Waals surface area contributed by atoms with Gasteiger partial charge in [0.15, 0.2) is 11.6 Å². The quantitative estimate of drug-likeness (QED) is 0.826. The van der Waals surface area contributed by atoms with Gasteiger partial charge in [0.05, 0.1) is 18.5 Å². The Bertz CT molecular complexity index is 611. The molecule has 2 rings (SSSR count). The molecule has 100 valence electrons. The summed E-state index contributed by atoms with van der Waals surface area (Å²) in [5, 5.41) is 3.20. The number of benzene rings is 2. The number of ether oxygens (including phenoxy) is 1. The fourth-order valence-electron chi connectivity index (χ4n) is 1.93. The van der Waals surface area contributed by atoms with Crippen LogP contribution in [0.3, 0.4) is 0 Å². The Balaban J connectivity index is 2.37. The maximum atomic E-state index is 13.5. The van der Waals surface area contributed by atoms with Crippen molar-refractivity contribution >= 4 is 17.1 Å². The highest BCUT2D eigenvalue weighted by Gasteiger charge is 2.09. The van der Waals surface area contributed by atoms with Gasteiger partial charge in [-0.3, -0.25) is 0 Å². The highest BCUT2D eigenvalue weighted by atomic mass is 19.1. The number of nitrogens with two attached hydrogens (primary N) is 1. The Morgan fingerprint density at radius 2 is 1.84 bits per heavy atom. The minimum absolute atomic E-state index is 0.168. The number of hydrogen-bond acceptors (Lipinski definition) is 3. The second-order valence-electron chi connectivity index (χ2n) is 4.52. The number of aryl methyl sites for hydroxylation is 2. The lowest BCUT2D eigenvalue weighted by atomic mass is 10.1. The van der Waals surface area contributed by atoms with Crippen LogP contribution >= 0.6 is 0 Å². The molecule has 0 aromatic heterocycles. The molecule has 2 aromatic rings. The maximum absolute atomic E-state index is 13.5. The fraction of sp³-hybridized carbons (Fsp3) is 0.200. The van der Waals surface area contributed by atoms with Crippen LogP contribution in [0.25, 0.3) is 0 Å². The molecule has 2 aromatic carbocycles. The van der Waals surface area contributed by atoms with E-state index in [1.54, 1.807) is 6.07 Å². The minimum atomic E-state index is -0.467. The van der Waals surface area contributed by atoms with E-state index in [9.17, 15) is 4.39 Å². The van der Waals surface area contributed by atoms with E-state index >= 15 is 0 Å². The van der Waals surface area contributed by atoms with Gasteiger partial charge < -0.3 is 15.8 Å². The fourth-order valence-corrected chi connectivity index (χ4v) is 1.93. The van der Waals surface area contributed by atoms with Crippen molar-refractivity contribution < 1.29 is 9.13 Å². The molecule has 3 N–H and O–H groups in total. The van der Waals surface area contributed by atoms with Crippen molar-refractivity contribution in [1.29, 1.82) is 0 Å². The summed E-state index contributed by atoms with van der Waals surface area (Å²) in [4.78, 5) is 0. The van der Waals surface area contributed by atoms with E-state index in [0.29, 0.717) is 11.4 Å². The largest absolute Gasteiger partial charge is 0.494 e. The molecule has 0 fully saturated rings. The lowest BCUT2D eigenvalue weighted by molar-refractivity contribution is 0.387. The topological polar surface area (TPSA) is 47.3 Å². The van der Waals surface area contributed by atoms with Gasteiger partial charge in [0.2, 0.25) is 0 Å². The SMILES string of the molecule is COc1cc(Nc2ccc(C)cc2C)c(N)cc1F. The number of nitrogen functional groups attached to an aromatic ring is 1. The summed E-state index contributed by atoms with van der Waals surface area (Å²) in [5.41, 5.74) is 10.0. The number of hydrogen-bond donors (Lipinski definition) is 2. The van der Waals surface area contributed by atoms with Crippen LogP contribution in [0, 0.1) is 19.7 Å². The Hall–Kier alpha value is -2.23. The van der Waals surface area contributed by atoms with E-state index < -0.39 is 5.82 Å². The Morgan fingerprint density at radius 3 is 2.47 bits per heavy atom. The molecule has 0 heterocycles. The average molecular weight is 260 g/mol. The van der Waals surface area contributed by atoms with Crippen molar-refractivity contribution in [1.82, 2.24) is 0 Å². The van der Waals surface area contributed by atoms with E-state index in [-0.39, 0.29) is 5.75 Å². The molecular weight excluding hydrogens is 243 g/mol. The molecular formula is C15H17FN2O. The predicted molar refractivity (Wildman–Crippen MR) is 76.6 cm³/mol. The molecule has 0 aliphatic rings. The van der Waals surface area contributed by atoms with Crippen LogP contribution in [-0.2, 0) is 0 Å². The summed E-state index contributed by atoms with van der Waals surface area (Å²) in [6.45, 7) is 4.04. The van der Waals surface area contributed by atoms with Gasteiger partial charge in [0.25, 0.3) is 0 Å². The summed E-state index contributed by atoms with van der Waals surface area (Å²) in [6, 6.07) is 8.86. The molecule has 3 nitrogen and oxygen atoms in total. The molecule has 0 unspecified atom stereocenters. The van der Waals surface area contributed by atoms with Gasteiger partial charge in [-0.2, -0.15) is 0 Å². The molecule has 0 saturated carbocycles. The molecule has 0 saturated heterocycles. The van der Waals surface area contributed by atoms with Crippen LogP contribution in [0.4, 0.5) is 21.5 Å². The smallest absolute Gasteiger partial charge is 0.167 e. The first kappa shape index (κ1) is 13.2. The molecule has 4 heteroatoms. The Morgan fingerprint density at radius 1 is 1.11 bits per heavy atom. The third-order valence-electron chi connectivity index (χ3n) is 2.98. The number of anilines is 3. The normalized spacial score (nSPS) is 10.3. The summed E-state index contributed by atoms with van der Waals surface area (Å²) in [6.07, 6.45) is 0. The van der Waals surface area contributed by atoms with Gasteiger partial charge in [-0.25, -0.2) is 4.39 Å². The molecule has 19 heavy (non-hydrogen) atoms. The number of nitrogens with one attached hydrogen (secondary N) is 1. The summed E-state index contributed by atoms with van der Waals surface area (Å²) in [5.74, 6) is -0.298. The zero-order valence-corrected chi connectivity index (χ0v) is 11.3. The lowest BCUT2D eigenvalue weighted by Crippen LogP contribution is -2.00. The molecule has 0 atom stereocenters. The molecule has 0 amide bonds. The molecule has 0 aliphatic heterocycles. The summed E-state index contributed by atoms with van der Waals surface area (Å²) in [7, 11) is 1.43. The van der Waals surface area contributed by atoms with Crippen LogP contribution in [0.5, 0.6) is 5.75 Å². The lowest BCUT2D eigenvalue weighted by Gasteiger charge is -2.14. The minimum Gasteiger partial charge on any atom is -0.494 e. The first-order chi connectivity index (χ1) is 9.01. The molecule has 0 bridgehead atoms. The first-order valence-electron chi connectivity index (χ1n) is 5.98. The van der Waals surface area contributed by atoms with Gasteiger partial charge in [-0.15, -0.1) is 0 Å². The van der Waals surface area contributed by atoms with Crippen molar-refractivity contribution in [2.24, 2.45) is 0 Å². The molecule has 0 aliphatic carbocycles. The highest BCUT2D eigenvalue weighted by Crippen LogP contribution is 2.31. The third-order valence-corrected chi connectivity index (χ3v) is 2.98. The van der Waals surface area contributed by atoms with E-state index in [2.05, 4.69) is 11.4 Å². The van der Waals surface area contributed by atoms with Crippen molar-refractivity contribution in [3.8, 4) is 5.75 Å². The van der Waals surface area contributed by atoms with E-state index in [4.69, 9.17) is 10.5 Å². The number of halogens is 1. The van der Waals surface area contributed by atoms with Gasteiger partial charge >= 0.3 is 0 Å². The number of methoxy groups -OCH3 is 1. The van der Waals surface area contributed by atoms with Gasteiger partial charge in [0.1, 0.15) is 0 Å². The first-order valence-corrected chi connectivity index (χ1v) is 5.98. The Labute approximate surface area is 112 Å². The van der Waals surface area contributed by atoms with Crippen LogP contribution < -0.4 is 15.8 Å². The van der Waals surface area contributed by atoms with Crippen LogP contribution in [-0.4, -0.2) is 7.11 Å². The van der Waals surface area contributed by atoms with Crippen LogP contribution in [0.15, 0.2) is 30.3 Å². The summed E-state index contributed by atoms with van der Waals surface area (Å²) >= 11 is 0. The third kappa shape index (κ3) is 2.78. The van der Waals surface area contributed by atoms with Crippen molar-refractivity contribution in [2.75, 3.05) is 18.2 Å². The van der Waals surface area contributed by atoms with Crippen molar-refractivity contribution in [3.05, 3.63) is 47.3 Å². The van der Waals surface area contributed by atoms with Gasteiger partial charge in [0, 0.05) is 17.8 Å². The predicted octanol–water partition coefficient (Wildman–Crippen LogP) is 3.78. The second kappa shape index (κ2) is 5.18. The zero-order valence-electron chi connectivity index (χ0n) is 11.3. The second-order valence-corrected chi connectivity index (χ2v) is 4.52.